The van der Waals surface area contributed by atoms with Gasteiger partial charge in [-0.05, 0) is 68.3 Å². The molecule has 106 valence electrons. The quantitative estimate of drug-likeness (QED) is 0.860. The normalized spacial score (nSPS) is 10.7. The fourth-order valence-electron chi connectivity index (χ4n) is 2.16. The number of benzene rings is 2. The molecule has 0 unspecified atom stereocenters. The lowest BCUT2D eigenvalue weighted by Crippen LogP contribution is -2.05. The summed E-state index contributed by atoms with van der Waals surface area (Å²) in [5.74, 6) is 1.80. The molecule has 0 amide bonds. The van der Waals surface area contributed by atoms with Crippen LogP contribution in [0.5, 0.6) is 11.5 Å². The Labute approximate surface area is 129 Å². The van der Waals surface area contributed by atoms with Gasteiger partial charge in [-0.1, -0.05) is 28.1 Å². The molecule has 0 atom stereocenters. The van der Waals surface area contributed by atoms with Gasteiger partial charge in [-0.25, -0.2) is 0 Å². The zero-order valence-electron chi connectivity index (χ0n) is 12.4. The van der Waals surface area contributed by atoms with Crippen molar-refractivity contribution in [2.24, 2.45) is 0 Å². The lowest BCUT2D eigenvalue weighted by atomic mass is 10.1. The van der Waals surface area contributed by atoms with Gasteiger partial charge in [-0.2, -0.15) is 0 Å². The van der Waals surface area contributed by atoms with Crippen LogP contribution in [0.4, 0.5) is 0 Å². The molecule has 0 radical (unpaired) electrons. The minimum Gasteiger partial charge on any atom is -0.457 e. The van der Waals surface area contributed by atoms with Crippen LogP contribution in [0.1, 0.15) is 22.3 Å². The average Bonchev–Trinajstić information content (AvgIpc) is 2.40. The van der Waals surface area contributed by atoms with Crippen molar-refractivity contribution in [2.45, 2.75) is 27.3 Å². The summed E-state index contributed by atoms with van der Waals surface area (Å²) in [6.07, 6.45) is 0. The number of aryl methyl sites for hydroxylation is 3. The monoisotopic (exact) mass is 333 g/mol. The SMILES string of the molecule is CNCc1ccc(C)c(Oc2cc(C)c(Br)c(C)c2)c1. The predicted molar refractivity (Wildman–Crippen MR) is 87.6 cm³/mol. The molecule has 2 rings (SSSR count). The van der Waals surface area contributed by atoms with Gasteiger partial charge in [-0.3, -0.25) is 0 Å². The van der Waals surface area contributed by atoms with Gasteiger partial charge in [0.15, 0.2) is 0 Å². The Morgan fingerprint density at radius 2 is 1.65 bits per heavy atom. The number of rotatable bonds is 4. The zero-order chi connectivity index (χ0) is 14.7. The van der Waals surface area contributed by atoms with Crippen LogP contribution in [0.25, 0.3) is 0 Å². The average molecular weight is 334 g/mol. The van der Waals surface area contributed by atoms with Crippen LogP contribution in [0.2, 0.25) is 0 Å². The number of halogens is 1. The second-order valence-corrected chi connectivity index (χ2v) is 5.90. The molecule has 0 bridgehead atoms. The molecule has 0 aromatic heterocycles. The first-order valence-electron chi connectivity index (χ1n) is 6.70. The third-order valence-electron chi connectivity index (χ3n) is 3.27. The topological polar surface area (TPSA) is 21.3 Å². The van der Waals surface area contributed by atoms with Gasteiger partial charge >= 0.3 is 0 Å². The summed E-state index contributed by atoms with van der Waals surface area (Å²) in [5, 5.41) is 3.16. The molecule has 0 aliphatic carbocycles. The first-order chi connectivity index (χ1) is 9.51. The zero-order valence-corrected chi connectivity index (χ0v) is 14.0. The summed E-state index contributed by atoms with van der Waals surface area (Å²) in [6, 6.07) is 10.4. The van der Waals surface area contributed by atoms with E-state index in [0.717, 1.165) is 28.1 Å². The van der Waals surface area contributed by atoms with Crippen molar-refractivity contribution in [1.29, 1.82) is 0 Å². The molecule has 20 heavy (non-hydrogen) atoms. The maximum atomic E-state index is 6.06. The van der Waals surface area contributed by atoms with Crippen molar-refractivity contribution in [1.82, 2.24) is 5.32 Å². The van der Waals surface area contributed by atoms with E-state index in [9.17, 15) is 0 Å². The van der Waals surface area contributed by atoms with Crippen molar-refractivity contribution in [3.63, 3.8) is 0 Å². The lowest BCUT2D eigenvalue weighted by molar-refractivity contribution is 0.477. The van der Waals surface area contributed by atoms with E-state index in [1.165, 1.54) is 16.7 Å². The third kappa shape index (κ3) is 3.41. The summed E-state index contributed by atoms with van der Waals surface area (Å²) < 4.78 is 7.21. The number of hydrogen-bond acceptors (Lipinski definition) is 2. The van der Waals surface area contributed by atoms with Crippen molar-refractivity contribution in [2.75, 3.05) is 7.05 Å². The van der Waals surface area contributed by atoms with Crippen LogP contribution in [0.15, 0.2) is 34.8 Å². The first kappa shape index (κ1) is 15.1. The van der Waals surface area contributed by atoms with Crippen LogP contribution in [0.3, 0.4) is 0 Å². The van der Waals surface area contributed by atoms with Gasteiger partial charge in [0.25, 0.3) is 0 Å². The van der Waals surface area contributed by atoms with Crippen LogP contribution in [0, 0.1) is 20.8 Å². The molecule has 0 heterocycles. The summed E-state index contributed by atoms with van der Waals surface area (Å²) in [7, 11) is 1.95. The minimum atomic E-state index is 0.842. The maximum Gasteiger partial charge on any atom is 0.130 e. The Hall–Kier alpha value is -1.32. The standard InChI is InChI=1S/C17H20BrNO/c1-11-5-6-14(10-19-4)9-16(11)20-15-7-12(2)17(18)13(3)8-15/h5-9,19H,10H2,1-4H3. The molecule has 2 nitrogen and oxygen atoms in total. The van der Waals surface area contributed by atoms with E-state index < -0.39 is 0 Å². The Morgan fingerprint density at radius 3 is 2.25 bits per heavy atom. The van der Waals surface area contributed by atoms with E-state index in [1.54, 1.807) is 0 Å². The number of nitrogens with one attached hydrogen (secondary N) is 1. The number of ether oxygens (including phenoxy) is 1. The van der Waals surface area contributed by atoms with Gasteiger partial charge in [0.05, 0.1) is 0 Å². The van der Waals surface area contributed by atoms with Crippen molar-refractivity contribution in [3.8, 4) is 11.5 Å². The van der Waals surface area contributed by atoms with E-state index in [4.69, 9.17) is 4.74 Å². The fraction of sp³-hybridized carbons (Fsp3) is 0.294. The second kappa shape index (κ2) is 6.42. The minimum absolute atomic E-state index is 0.842. The molecule has 0 spiro atoms. The van der Waals surface area contributed by atoms with Crippen LogP contribution >= 0.6 is 15.9 Å². The highest BCUT2D eigenvalue weighted by atomic mass is 79.9. The van der Waals surface area contributed by atoms with E-state index in [1.807, 2.05) is 7.05 Å². The Bertz CT molecular complexity index is 599. The van der Waals surface area contributed by atoms with E-state index in [0.29, 0.717) is 0 Å². The van der Waals surface area contributed by atoms with Crippen LogP contribution < -0.4 is 10.1 Å². The van der Waals surface area contributed by atoms with Gasteiger partial charge in [-0.15, -0.1) is 0 Å². The maximum absolute atomic E-state index is 6.06. The second-order valence-electron chi connectivity index (χ2n) is 5.10. The highest BCUT2D eigenvalue weighted by molar-refractivity contribution is 9.10. The molecule has 0 aliphatic rings. The predicted octanol–water partition coefficient (Wildman–Crippen LogP) is 4.89. The lowest BCUT2D eigenvalue weighted by Gasteiger charge is -2.13. The molecule has 2 aromatic rings. The van der Waals surface area contributed by atoms with Gasteiger partial charge in [0.1, 0.15) is 11.5 Å². The largest absolute Gasteiger partial charge is 0.457 e. The van der Waals surface area contributed by atoms with Crippen molar-refractivity contribution < 1.29 is 4.74 Å². The van der Waals surface area contributed by atoms with Crippen LogP contribution in [-0.2, 0) is 6.54 Å². The summed E-state index contributed by atoms with van der Waals surface area (Å²) >= 11 is 3.58. The highest BCUT2D eigenvalue weighted by Gasteiger charge is 2.07. The smallest absolute Gasteiger partial charge is 0.130 e. The molecule has 0 saturated carbocycles. The van der Waals surface area contributed by atoms with E-state index in [2.05, 4.69) is 72.3 Å². The molecule has 1 N–H and O–H groups in total. The Balaban J connectivity index is 2.32. The molecule has 3 heteroatoms. The number of hydrogen-bond donors (Lipinski definition) is 1. The molecular weight excluding hydrogens is 314 g/mol. The molecule has 2 aromatic carbocycles. The van der Waals surface area contributed by atoms with Gasteiger partial charge in [0, 0.05) is 11.0 Å². The Morgan fingerprint density at radius 1 is 1.00 bits per heavy atom. The Kier molecular flexibility index (Phi) is 4.84. The molecule has 0 aliphatic heterocycles. The first-order valence-corrected chi connectivity index (χ1v) is 7.49. The fourth-order valence-corrected chi connectivity index (χ4v) is 2.39. The van der Waals surface area contributed by atoms with Crippen LogP contribution in [-0.4, -0.2) is 7.05 Å². The van der Waals surface area contributed by atoms with Crippen molar-refractivity contribution >= 4 is 15.9 Å². The molecular formula is C17H20BrNO. The molecule has 0 saturated heterocycles. The summed E-state index contributed by atoms with van der Waals surface area (Å²) in [4.78, 5) is 0. The molecule has 0 fully saturated rings. The van der Waals surface area contributed by atoms with Gasteiger partial charge in [0.2, 0.25) is 0 Å². The van der Waals surface area contributed by atoms with E-state index >= 15 is 0 Å². The highest BCUT2D eigenvalue weighted by Crippen LogP contribution is 2.31. The van der Waals surface area contributed by atoms with Crippen molar-refractivity contribution in [3.05, 3.63) is 57.1 Å². The van der Waals surface area contributed by atoms with E-state index in [-0.39, 0.29) is 0 Å². The van der Waals surface area contributed by atoms with Gasteiger partial charge < -0.3 is 10.1 Å². The summed E-state index contributed by atoms with van der Waals surface area (Å²) in [5.41, 5.74) is 4.73. The third-order valence-corrected chi connectivity index (χ3v) is 4.52. The summed E-state index contributed by atoms with van der Waals surface area (Å²) in [6.45, 7) is 7.06.